The standard InChI is InChI=1S/C29H40N6O2/c1-35(9-5-6-10-36)26-22-11-20-12-23(26)15-29(13-20,14-22)19-33-27-24(16-30)18-32-28(34-27)31-17-21-7-3-4-8-25(21)37-2/h3-4,7-8,18,20,22-23,26,36H,5-6,9-15,17,19H2,1-2H3,(H2,31,32,33,34)/t20?,22-,23+,26?,29?. The van der Waals surface area contributed by atoms with Crippen molar-refractivity contribution in [3.63, 3.8) is 0 Å². The summed E-state index contributed by atoms with van der Waals surface area (Å²) in [6, 6.07) is 10.8. The number of aliphatic hydroxyl groups excluding tert-OH is 1. The van der Waals surface area contributed by atoms with Crippen molar-refractivity contribution in [1.82, 2.24) is 14.9 Å². The second-order valence-electron chi connectivity index (χ2n) is 11.5. The molecule has 0 aliphatic heterocycles. The Morgan fingerprint density at radius 2 is 1.95 bits per heavy atom. The average molecular weight is 505 g/mol. The highest BCUT2D eigenvalue weighted by Crippen LogP contribution is 2.61. The number of nitrogens with zero attached hydrogens (tertiary/aromatic N) is 4. The molecule has 8 heteroatoms. The molecule has 0 saturated heterocycles. The first kappa shape index (κ1) is 25.7. The number of nitriles is 1. The quantitative estimate of drug-likeness (QED) is 0.368. The number of methoxy groups -OCH3 is 1. The van der Waals surface area contributed by atoms with Crippen LogP contribution in [0, 0.1) is 34.5 Å². The zero-order valence-corrected chi connectivity index (χ0v) is 22.1. The van der Waals surface area contributed by atoms with Gasteiger partial charge < -0.3 is 25.4 Å². The van der Waals surface area contributed by atoms with Gasteiger partial charge in [0.05, 0.1) is 13.3 Å². The summed E-state index contributed by atoms with van der Waals surface area (Å²) in [7, 11) is 3.95. The lowest BCUT2D eigenvalue weighted by Gasteiger charge is -2.62. The van der Waals surface area contributed by atoms with Gasteiger partial charge in [-0.3, -0.25) is 0 Å². The topological polar surface area (TPSA) is 106 Å². The van der Waals surface area contributed by atoms with Crippen LogP contribution in [0.5, 0.6) is 5.75 Å². The highest BCUT2D eigenvalue weighted by Gasteiger charge is 2.55. The van der Waals surface area contributed by atoms with E-state index in [9.17, 15) is 10.4 Å². The van der Waals surface area contributed by atoms with Crippen LogP contribution >= 0.6 is 0 Å². The van der Waals surface area contributed by atoms with Crippen molar-refractivity contribution in [2.24, 2.45) is 23.2 Å². The first-order valence-electron chi connectivity index (χ1n) is 13.7. The van der Waals surface area contributed by atoms with Gasteiger partial charge in [-0.15, -0.1) is 0 Å². The van der Waals surface area contributed by atoms with E-state index in [1.807, 2.05) is 24.3 Å². The lowest BCUT2D eigenvalue weighted by Crippen LogP contribution is -2.60. The fourth-order valence-corrected chi connectivity index (χ4v) is 7.70. The van der Waals surface area contributed by atoms with Crippen LogP contribution in [0.1, 0.15) is 56.1 Å². The predicted octanol–water partition coefficient (Wildman–Crippen LogP) is 4.28. The van der Waals surface area contributed by atoms with Crippen LogP contribution in [0.2, 0.25) is 0 Å². The fraction of sp³-hybridized carbons (Fsp3) is 0.621. The van der Waals surface area contributed by atoms with E-state index in [1.54, 1.807) is 13.3 Å². The molecular formula is C29H40N6O2. The lowest BCUT2D eigenvalue weighted by molar-refractivity contribution is -0.101. The van der Waals surface area contributed by atoms with Crippen LogP contribution < -0.4 is 15.4 Å². The minimum atomic E-state index is 0.279. The molecule has 1 heterocycles. The van der Waals surface area contributed by atoms with E-state index >= 15 is 0 Å². The number of hydrogen-bond acceptors (Lipinski definition) is 8. The Hall–Kier alpha value is -2.89. The van der Waals surface area contributed by atoms with Crippen molar-refractivity contribution in [3.05, 3.63) is 41.6 Å². The predicted molar refractivity (Wildman–Crippen MR) is 144 cm³/mol. The first-order valence-corrected chi connectivity index (χ1v) is 13.7. The van der Waals surface area contributed by atoms with Crippen LogP contribution in [-0.2, 0) is 6.54 Å². The molecule has 5 atom stereocenters. The van der Waals surface area contributed by atoms with Gasteiger partial charge >= 0.3 is 0 Å². The molecule has 4 saturated carbocycles. The van der Waals surface area contributed by atoms with E-state index in [0.29, 0.717) is 29.9 Å². The number of hydrogen-bond donors (Lipinski definition) is 3. The monoisotopic (exact) mass is 504 g/mol. The van der Waals surface area contributed by atoms with E-state index in [0.717, 1.165) is 55.0 Å². The van der Waals surface area contributed by atoms with Gasteiger partial charge in [0.25, 0.3) is 0 Å². The molecule has 4 aliphatic rings. The molecule has 37 heavy (non-hydrogen) atoms. The van der Waals surface area contributed by atoms with E-state index < -0.39 is 0 Å². The summed E-state index contributed by atoms with van der Waals surface area (Å²) in [6.45, 7) is 2.76. The third kappa shape index (κ3) is 5.53. The molecule has 2 aromatic rings. The highest BCUT2D eigenvalue weighted by atomic mass is 16.5. The maximum absolute atomic E-state index is 9.70. The van der Waals surface area contributed by atoms with Crippen molar-refractivity contribution < 1.29 is 9.84 Å². The van der Waals surface area contributed by atoms with Crippen molar-refractivity contribution in [2.45, 2.75) is 57.5 Å². The molecule has 0 radical (unpaired) electrons. The van der Waals surface area contributed by atoms with Gasteiger partial charge in [-0.05, 0) is 87.8 Å². The Bertz CT molecular complexity index is 1100. The van der Waals surface area contributed by atoms with Crippen LogP contribution in [-0.4, -0.2) is 59.9 Å². The number of unbranched alkanes of at least 4 members (excludes halogenated alkanes) is 1. The molecule has 4 aliphatic carbocycles. The Morgan fingerprint density at radius 3 is 2.68 bits per heavy atom. The zero-order chi connectivity index (χ0) is 25.8. The van der Waals surface area contributed by atoms with Gasteiger partial charge in [0, 0.05) is 31.3 Å². The van der Waals surface area contributed by atoms with Crippen LogP contribution in [0.4, 0.5) is 11.8 Å². The molecule has 8 nitrogen and oxygen atoms in total. The van der Waals surface area contributed by atoms with Crippen molar-refractivity contribution in [3.8, 4) is 11.8 Å². The summed E-state index contributed by atoms with van der Waals surface area (Å²) >= 11 is 0. The minimum absolute atomic E-state index is 0.279. The van der Waals surface area contributed by atoms with Gasteiger partial charge in [-0.1, -0.05) is 18.2 Å². The van der Waals surface area contributed by atoms with Crippen LogP contribution in [0.25, 0.3) is 0 Å². The van der Waals surface area contributed by atoms with E-state index in [-0.39, 0.29) is 12.0 Å². The molecule has 1 aromatic carbocycles. The lowest BCUT2D eigenvalue weighted by atomic mass is 9.47. The number of ether oxygens (including phenoxy) is 1. The molecule has 0 spiro atoms. The van der Waals surface area contributed by atoms with Crippen LogP contribution in [0.3, 0.4) is 0 Å². The highest BCUT2D eigenvalue weighted by molar-refractivity contribution is 5.53. The Kier molecular flexibility index (Phi) is 7.82. The Balaban J connectivity index is 1.24. The summed E-state index contributed by atoms with van der Waals surface area (Å²) in [4.78, 5) is 11.6. The number of aromatic nitrogens is 2. The normalized spacial score (nSPS) is 27.8. The first-order chi connectivity index (χ1) is 18.0. The van der Waals surface area contributed by atoms with Gasteiger partial charge in [0.1, 0.15) is 23.2 Å². The number of anilines is 2. The van der Waals surface area contributed by atoms with Crippen LogP contribution in [0.15, 0.2) is 30.5 Å². The van der Waals surface area contributed by atoms with Crippen molar-refractivity contribution >= 4 is 11.8 Å². The summed E-state index contributed by atoms with van der Waals surface area (Å²) in [5.41, 5.74) is 1.78. The Labute approximate surface area is 220 Å². The SMILES string of the molecule is COc1ccccc1CNc1ncc(C#N)c(NCC23CC4C[C@H](C2)C(N(C)CCCCO)[C@@H](C4)C3)n1. The maximum atomic E-state index is 9.70. The average Bonchev–Trinajstić information content (AvgIpc) is 2.90. The van der Waals surface area contributed by atoms with Gasteiger partial charge in [0.15, 0.2) is 0 Å². The number of rotatable bonds is 12. The summed E-state index contributed by atoms with van der Waals surface area (Å²) in [5, 5.41) is 25.8. The van der Waals surface area contributed by atoms with E-state index in [1.165, 1.54) is 32.1 Å². The summed E-state index contributed by atoms with van der Waals surface area (Å²) in [5.74, 6) is 4.24. The molecule has 1 aromatic heterocycles. The summed E-state index contributed by atoms with van der Waals surface area (Å²) in [6.07, 6.45) is 10.0. The third-order valence-electron chi connectivity index (χ3n) is 8.95. The number of aliphatic hydroxyl groups is 1. The van der Waals surface area contributed by atoms with Gasteiger partial charge in [0.2, 0.25) is 5.95 Å². The number of nitrogens with one attached hydrogen (secondary N) is 2. The zero-order valence-electron chi connectivity index (χ0n) is 22.1. The second kappa shape index (κ2) is 11.2. The molecule has 0 amide bonds. The second-order valence-corrected chi connectivity index (χ2v) is 11.5. The molecule has 6 rings (SSSR count). The van der Waals surface area contributed by atoms with Crippen molar-refractivity contribution in [1.29, 1.82) is 5.26 Å². The molecular weight excluding hydrogens is 464 g/mol. The number of benzene rings is 1. The van der Waals surface area contributed by atoms with Crippen molar-refractivity contribution in [2.75, 3.05) is 44.5 Å². The van der Waals surface area contributed by atoms with E-state index in [2.05, 4.69) is 33.6 Å². The molecule has 3 N–H and O–H groups in total. The van der Waals surface area contributed by atoms with Gasteiger partial charge in [-0.25, -0.2) is 4.98 Å². The molecule has 3 unspecified atom stereocenters. The largest absolute Gasteiger partial charge is 0.496 e. The number of para-hydroxylation sites is 1. The van der Waals surface area contributed by atoms with Gasteiger partial charge in [-0.2, -0.15) is 10.2 Å². The van der Waals surface area contributed by atoms with E-state index in [4.69, 9.17) is 9.72 Å². The molecule has 4 bridgehead atoms. The Morgan fingerprint density at radius 1 is 1.16 bits per heavy atom. The summed E-state index contributed by atoms with van der Waals surface area (Å²) < 4.78 is 5.45. The fourth-order valence-electron chi connectivity index (χ4n) is 7.70. The smallest absolute Gasteiger partial charge is 0.224 e. The maximum Gasteiger partial charge on any atom is 0.224 e. The third-order valence-corrected chi connectivity index (χ3v) is 8.95. The molecule has 4 fully saturated rings. The molecule has 198 valence electrons. The minimum Gasteiger partial charge on any atom is -0.496 e.